The molecule has 1 aliphatic heterocycles. The molecule has 0 bridgehead atoms. The van der Waals surface area contributed by atoms with Crippen LogP contribution in [0.4, 0.5) is 4.79 Å². The third-order valence-electron chi connectivity index (χ3n) is 7.70. The number of rotatable bonds is 8. The standard InChI is InChI=1S/C28H34N2O5/c1-3-28(26(32)33)14-16-30(17-15-28)25(31)13-12-19(2)29-27(34)35-18-24-22-10-6-4-8-20(22)21-9-5-7-11-23(21)24/h4-11,19,24H,3,12-18H2,1-2H3,(H,29,34)(H,32,33). The third kappa shape index (κ3) is 5.19. The SMILES string of the molecule is CCC1(C(=O)O)CCN(C(=O)CCC(C)NC(=O)OCC2c3ccccc3-c3ccccc32)CC1. The first kappa shape index (κ1) is 24.8. The highest BCUT2D eigenvalue weighted by Crippen LogP contribution is 2.44. The van der Waals surface area contributed by atoms with Gasteiger partial charge in [0.1, 0.15) is 6.61 Å². The molecular weight excluding hydrogens is 444 g/mol. The van der Waals surface area contributed by atoms with Crippen LogP contribution in [0, 0.1) is 5.41 Å². The van der Waals surface area contributed by atoms with E-state index < -0.39 is 17.5 Å². The number of carboxylic acid groups (broad SMARTS) is 1. The first-order valence-corrected chi connectivity index (χ1v) is 12.5. The number of nitrogens with one attached hydrogen (secondary N) is 1. The van der Waals surface area contributed by atoms with Crippen molar-refractivity contribution in [1.82, 2.24) is 10.2 Å². The summed E-state index contributed by atoms with van der Waals surface area (Å²) in [5.41, 5.74) is 3.98. The van der Waals surface area contributed by atoms with E-state index in [4.69, 9.17) is 4.74 Å². The monoisotopic (exact) mass is 478 g/mol. The quantitative estimate of drug-likeness (QED) is 0.568. The summed E-state index contributed by atoms with van der Waals surface area (Å²) in [6.45, 7) is 4.93. The van der Waals surface area contributed by atoms with Crippen molar-refractivity contribution in [2.45, 2.75) is 57.9 Å². The molecule has 0 radical (unpaired) electrons. The summed E-state index contributed by atoms with van der Waals surface area (Å²) >= 11 is 0. The van der Waals surface area contributed by atoms with Crippen LogP contribution < -0.4 is 5.32 Å². The van der Waals surface area contributed by atoms with Gasteiger partial charge < -0.3 is 20.1 Å². The molecule has 2 aromatic rings. The molecule has 7 heteroatoms. The zero-order chi connectivity index (χ0) is 25.0. The highest BCUT2D eigenvalue weighted by Gasteiger charge is 2.40. The summed E-state index contributed by atoms with van der Waals surface area (Å²) in [5.74, 6) is -0.764. The summed E-state index contributed by atoms with van der Waals surface area (Å²) in [5, 5.41) is 12.4. The third-order valence-corrected chi connectivity index (χ3v) is 7.70. The molecule has 1 saturated heterocycles. The molecule has 1 unspecified atom stereocenters. The van der Waals surface area contributed by atoms with Gasteiger partial charge in [-0.05, 0) is 54.9 Å². The molecule has 35 heavy (non-hydrogen) atoms. The second-order valence-corrected chi connectivity index (χ2v) is 9.73. The van der Waals surface area contributed by atoms with Crippen LogP contribution in [0.5, 0.6) is 0 Å². The van der Waals surface area contributed by atoms with Crippen molar-refractivity contribution in [2.24, 2.45) is 5.41 Å². The van der Waals surface area contributed by atoms with Crippen LogP contribution in [0.25, 0.3) is 11.1 Å². The Bertz CT molecular complexity index is 1040. The van der Waals surface area contributed by atoms with E-state index in [-0.39, 0.29) is 24.5 Å². The fourth-order valence-electron chi connectivity index (χ4n) is 5.31. The maximum absolute atomic E-state index is 12.6. The number of aliphatic carboxylic acids is 1. The molecule has 0 spiro atoms. The molecule has 1 atom stereocenters. The van der Waals surface area contributed by atoms with E-state index in [0.717, 1.165) is 11.1 Å². The van der Waals surface area contributed by atoms with Crippen molar-refractivity contribution < 1.29 is 24.2 Å². The summed E-state index contributed by atoms with van der Waals surface area (Å²) in [4.78, 5) is 38.4. The molecular formula is C28H34N2O5. The van der Waals surface area contributed by atoms with Gasteiger partial charge in [0.2, 0.25) is 5.91 Å². The number of hydrogen-bond donors (Lipinski definition) is 2. The van der Waals surface area contributed by atoms with Crippen molar-refractivity contribution in [2.75, 3.05) is 19.7 Å². The summed E-state index contributed by atoms with van der Waals surface area (Å²) in [7, 11) is 0. The van der Waals surface area contributed by atoms with Crippen LogP contribution in [-0.4, -0.2) is 53.7 Å². The second-order valence-electron chi connectivity index (χ2n) is 9.73. The Hall–Kier alpha value is -3.35. The Balaban J connectivity index is 1.23. The van der Waals surface area contributed by atoms with Gasteiger partial charge in [-0.25, -0.2) is 4.79 Å². The Labute approximate surface area is 206 Å². The van der Waals surface area contributed by atoms with Gasteiger partial charge in [-0.2, -0.15) is 0 Å². The molecule has 186 valence electrons. The van der Waals surface area contributed by atoms with Crippen molar-refractivity contribution in [3.8, 4) is 11.1 Å². The molecule has 2 aliphatic rings. The molecule has 2 N–H and O–H groups in total. The maximum Gasteiger partial charge on any atom is 0.407 e. The van der Waals surface area contributed by atoms with Crippen LogP contribution in [0.3, 0.4) is 0 Å². The second kappa shape index (κ2) is 10.5. The molecule has 7 nitrogen and oxygen atoms in total. The van der Waals surface area contributed by atoms with Gasteiger partial charge in [0.15, 0.2) is 0 Å². The highest BCUT2D eigenvalue weighted by molar-refractivity contribution is 5.79. The van der Waals surface area contributed by atoms with Gasteiger partial charge in [-0.3, -0.25) is 9.59 Å². The van der Waals surface area contributed by atoms with Gasteiger partial charge in [0.25, 0.3) is 0 Å². The number of nitrogens with zero attached hydrogens (tertiary/aromatic N) is 1. The Kier molecular flexibility index (Phi) is 7.43. The first-order valence-electron chi connectivity index (χ1n) is 12.5. The zero-order valence-electron chi connectivity index (χ0n) is 20.5. The van der Waals surface area contributed by atoms with E-state index >= 15 is 0 Å². The van der Waals surface area contributed by atoms with Crippen LogP contribution in [-0.2, 0) is 14.3 Å². The summed E-state index contributed by atoms with van der Waals surface area (Å²) < 4.78 is 5.59. The van der Waals surface area contributed by atoms with Crippen LogP contribution >= 0.6 is 0 Å². The number of amides is 2. The Morgan fingerprint density at radius 3 is 2.17 bits per heavy atom. The minimum Gasteiger partial charge on any atom is -0.481 e. The first-order chi connectivity index (χ1) is 16.8. The molecule has 1 heterocycles. The lowest BCUT2D eigenvalue weighted by Gasteiger charge is -2.38. The normalized spacial score (nSPS) is 17.3. The number of hydrogen-bond acceptors (Lipinski definition) is 4. The summed E-state index contributed by atoms with van der Waals surface area (Å²) in [6.07, 6.45) is 1.86. The number of ether oxygens (including phenoxy) is 1. The minimum absolute atomic E-state index is 0.00118. The fourth-order valence-corrected chi connectivity index (χ4v) is 5.31. The number of alkyl carbamates (subject to hydrolysis) is 1. The Morgan fingerprint density at radius 2 is 1.63 bits per heavy atom. The highest BCUT2D eigenvalue weighted by atomic mass is 16.5. The Morgan fingerprint density at radius 1 is 1.06 bits per heavy atom. The molecule has 1 aliphatic carbocycles. The molecule has 2 amide bonds. The van der Waals surface area contributed by atoms with Crippen molar-refractivity contribution >= 4 is 18.0 Å². The molecule has 4 rings (SSSR count). The van der Waals surface area contributed by atoms with Crippen LogP contribution in [0.1, 0.15) is 63.0 Å². The van der Waals surface area contributed by atoms with Gasteiger partial charge in [-0.1, -0.05) is 55.5 Å². The topological polar surface area (TPSA) is 95.9 Å². The number of piperidine rings is 1. The van der Waals surface area contributed by atoms with E-state index in [1.165, 1.54) is 11.1 Å². The number of carboxylic acids is 1. The van der Waals surface area contributed by atoms with Crippen molar-refractivity contribution in [1.29, 1.82) is 0 Å². The van der Waals surface area contributed by atoms with E-state index in [0.29, 0.717) is 45.2 Å². The summed E-state index contributed by atoms with van der Waals surface area (Å²) in [6, 6.07) is 16.2. The molecule has 0 saturated carbocycles. The average molecular weight is 479 g/mol. The average Bonchev–Trinajstić information content (AvgIpc) is 3.19. The smallest absolute Gasteiger partial charge is 0.407 e. The predicted octanol–water partition coefficient (Wildman–Crippen LogP) is 4.80. The number of carbonyl (C=O) groups excluding carboxylic acids is 2. The maximum atomic E-state index is 12.6. The van der Waals surface area contributed by atoms with Crippen molar-refractivity contribution in [3.63, 3.8) is 0 Å². The predicted molar refractivity (Wildman–Crippen MR) is 133 cm³/mol. The van der Waals surface area contributed by atoms with Gasteiger partial charge in [-0.15, -0.1) is 0 Å². The van der Waals surface area contributed by atoms with Gasteiger partial charge in [0, 0.05) is 31.5 Å². The number of fused-ring (bicyclic) bond motifs is 3. The number of benzene rings is 2. The van der Waals surface area contributed by atoms with Gasteiger partial charge >= 0.3 is 12.1 Å². The lowest BCUT2D eigenvalue weighted by molar-refractivity contribution is -0.154. The van der Waals surface area contributed by atoms with Crippen LogP contribution in [0.2, 0.25) is 0 Å². The number of likely N-dealkylation sites (tertiary alicyclic amines) is 1. The fraction of sp³-hybridized carbons (Fsp3) is 0.464. The molecule has 0 aromatic heterocycles. The number of carbonyl (C=O) groups is 3. The molecule has 1 fully saturated rings. The van der Waals surface area contributed by atoms with E-state index in [1.54, 1.807) is 4.90 Å². The van der Waals surface area contributed by atoms with Crippen LogP contribution in [0.15, 0.2) is 48.5 Å². The minimum atomic E-state index is -0.770. The molecule has 2 aromatic carbocycles. The lowest BCUT2D eigenvalue weighted by Crippen LogP contribution is -2.46. The van der Waals surface area contributed by atoms with E-state index in [9.17, 15) is 19.5 Å². The lowest BCUT2D eigenvalue weighted by atomic mass is 9.76. The van der Waals surface area contributed by atoms with E-state index in [2.05, 4.69) is 29.6 Å². The van der Waals surface area contributed by atoms with Gasteiger partial charge in [0.05, 0.1) is 5.41 Å². The van der Waals surface area contributed by atoms with E-state index in [1.807, 2.05) is 38.1 Å². The van der Waals surface area contributed by atoms with Crippen molar-refractivity contribution in [3.05, 3.63) is 59.7 Å². The largest absolute Gasteiger partial charge is 0.481 e. The zero-order valence-corrected chi connectivity index (χ0v) is 20.5.